The van der Waals surface area contributed by atoms with Crippen LogP contribution in [0.4, 0.5) is 0 Å². The molecule has 0 spiro atoms. The molecule has 90 valence electrons. The van der Waals surface area contributed by atoms with Crippen LogP contribution in [-0.4, -0.2) is 15.6 Å². The van der Waals surface area contributed by atoms with Crippen molar-refractivity contribution in [1.82, 2.24) is 9.78 Å². The summed E-state index contributed by atoms with van der Waals surface area (Å²) in [6.45, 7) is 5.84. The molecule has 1 heterocycles. The summed E-state index contributed by atoms with van der Waals surface area (Å²) in [6, 6.07) is 0. The predicted molar refractivity (Wildman–Crippen MR) is 68.5 cm³/mol. The molecule has 0 aromatic carbocycles. The highest BCUT2D eigenvalue weighted by molar-refractivity contribution is 9.10. The Morgan fingerprint density at radius 3 is 2.62 bits per heavy atom. The summed E-state index contributed by atoms with van der Waals surface area (Å²) in [5.74, 6) is 0.621. The summed E-state index contributed by atoms with van der Waals surface area (Å²) >= 11 is 3.59. The van der Waals surface area contributed by atoms with E-state index in [0.29, 0.717) is 12.3 Å². The van der Waals surface area contributed by atoms with Crippen molar-refractivity contribution in [1.29, 1.82) is 0 Å². The molecule has 1 unspecified atom stereocenters. The molecular formula is C12H19BrN2O. The molecule has 0 radical (unpaired) electrons. The molecule has 1 aromatic heterocycles. The lowest BCUT2D eigenvalue weighted by atomic mass is 9.99. The van der Waals surface area contributed by atoms with Crippen molar-refractivity contribution in [3.8, 4) is 0 Å². The fraction of sp³-hybridized carbons (Fsp3) is 0.667. The van der Waals surface area contributed by atoms with Crippen LogP contribution in [0.5, 0.6) is 0 Å². The zero-order valence-electron chi connectivity index (χ0n) is 10.4. The third-order valence-corrected chi connectivity index (χ3v) is 3.60. The van der Waals surface area contributed by atoms with E-state index in [9.17, 15) is 4.79 Å². The number of hydrogen-bond acceptors (Lipinski definition) is 2. The molecule has 0 fully saturated rings. The Morgan fingerprint density at radius 2 is 2.19 bits per heavy atom. The number of aryl methyl sites for hydroxylation is 2. The molecule has 0 amide bonds. The van der Waals surface area contributed by atoms with Crippen molar-refractivity contribution in [3.63, 3.8) is 0 Å². The average Bonchev–Trinajstić information content (AvgIpc) is 2.44. The van der Waals surface area contributed by atoms with Gasteiger partial charge < -0.3 is 4.79 Å². The lowest BCUT2D eigenvalue weighted by Crippen LogP contribution is -2.08. The van der Waals surface area contributed by atoms with E-state index in [1.807, 2.05) is 11.7 Å². The molecule has 1 rings (SSSR count). The molecule has 4 heteroatoms. The number of hydrogen-bond donors (Lipinski definition) is 0. The van der Waals surface area contributed by atoms with Crippen LogP contribution >= 0.6 is 15.9 Å². The van der Waals surface area contributed by atoms with Crippen LogP contribution < -0.4 is 0 Å². The lowest BCUT2D eigenvalue weighted by Gasteiger charge is -2.09. The highest BCUT2D eigenvalue weighted by Gasteiger charge is 2.15. The molecule has 0 bridgehead atoms. The van der Waals surface area contributed by atoms with Crippen LogP contribution in [0.15, 0.2) is 4.47 Å². The Balaban J connectivity index is 2.80. The Hall–Kier alpha value is -0.640. The highest BCUT2D eigenvalue weighted by Crippen LogP contribution is 2.24. The number of carbonyl (C=O) groups excluding carboxylic acids is 1. The van der Waals surface area contributed by atoms with E-state index in [-0.39, 0.29) is 5.78 Å². The standard InChI is InChI=1S/C12H19BrN2O/c1-5-10-12(13)11(15(4)14-10)7-8(2)6-9(3)16/h8H,5-7H2,1-4H3. The van der Waals surface area contributed by atoms with Crippen molar-refractivity contribution < 1.29 is 4.79 Å². The second kappa shape index (κ2) is 5.62. The van der Waals surface area contributed by atoms with E-state index in [1.165, 1.54) is 5.69 Å². The molecule has 0 saturated heterocycles. The average molecular weight is 287 g/mol. The van der Waals surface area contributed by atoms with Gasteiger partial charge in [-0.1, -0.05) is 13.8 Å². The fourth-order valence-corrected chi connectivity index (χ4v) is 2.71. The Morgan fingerprint density at radius 1 is 1.56 bits per heavy atom. The Bertz CT molecular complexity index is 385. The maximum Gasteiger partial charge on any atom is 0.130 e. The fourth-order valence-electron chi connectivity index (χ4n) is 1.93. The molecular weight excluding hydrogens is 268 g/mol. The van der Waals surface area contributed by atoms with Crippen LogP contribution in [0.2, 0.25) is 0 Å². The van der Waals surface area contributed by atoms with E-state index in [2.05, 4.69) is 34.9 Å². The molecule has 0 N–H and O–H groups in total. The van der Waals surface area contributed by atoms with Crippen LogP contribution in [0.25, 0.3) is 0 Å². The van der Waals surface area contributed by atoms with Crippen LogP contribution in [-0.2, 0) is 24.7 Å². The number of aromatic nitrogens is 2. The minimum atomic E-state index is 0.251. The number of ketones is 1. The lowest BCUT2D eigenvalue weighted by molar-refractivity contribution is -0.117. The van der Waals surface area contributed by atoms with E-state index >= 15 is 0 Å². The zero-order chi connectivity index (χ0) is 12.3. The largest absolute Gasteiger partial charge is 0.300 e. The summed E-state index contributed by atoms with van der Waals surface area (Å²) < 4.78 is 3.02. The first-order chi connectivity index (χ1) is 7.45. The number of rotatable bonds is 5. The first-order valence-electron chi connectivity index (χ1n) is 5.65. The van der Waals surface area contributed by atoms with E-state index < -0.39 is 0 Å². The summed E-state index contributed by atoms with van der Waals surface area (Å²) in [5, 5.41) is 4.45. The van der Waals surface area contributed by atoms with Gasteiger partial charge in [-0.25, -0.2) is 0 Å². The third-order valence-electron chi connectivity index (χ3n) is 2.68. The van der Waals surface area contributed by atoms with E-state index in [1.54, 1.807) is 6.92 Å². The van der Waals surface area contributed by atoms with E-state index in [0.717, 1.165) is 23.0 Å². The highest BCUT2D eigenvalue weighted by atomic mass is 79.9. The first-order valence-corrected chi connectivity index (χ1v) is 6.44. The smallest absolute Gasteiger partial charge is 0.130 e. The quantitative estimate of drug-likeness (QED) is 0.834. The molecule has 0 aliphatic carbocycles. The molecule has 0 aliphatic rings. The van der Waals surface area contributed by atoms with Gasteiger partial charge >= 0.3 is 0 Å². The topological polar surface area (TPSA) is 34.9 Å². The number of carbonyl (C=O) groups is 1. The maximum absolute atomic E-state index is 11.0. The number of nitrogens with zero attached hydrogens (tertiary/aromatic N) is 2. The summed E-state index contributed by atoms with van der Waals surface area (Å²) in [5.41, 5.74) is 2.28. The van der Waals surface area contributed by atoms with Crippen LogP contribution in [0.1, 0.15) is 38.6 Å². The van der Waals surface area contributed by atoms with Gasteiger partial charge in [0.15, 0.2) is 0 Å². The van der Waals surface area contributed by atoms with Gasteiger partial charge in [-0.05, 0) is 41.6 Å². The number of halogens is 1. The predicted octanol–water partition coefficient (Wildman–Crippen LogP) is 2.90. The third kappa shape index (κ3) is 3.17. The van der Waals surface area contributed by atoms with Gasteiger partial charge in [0, 0.05) is 13.5 Å². The normalized spacial score (nSPS) is 12.8. The van der Waals surface area contributed by atoms with Gasteiger partial charge in [0.05, 0.1) is 15.9 Å². The molecule has 16 heavy (non-hydrogen) atoms. The molecule has 0 aliphatic heterocycles. The number of Topliss-reactive ketones (excluding diaryl/α,β-unsaturated/α-hetero) is 1. The minimum Gasteiger partial charge on any atom is -0.300 e. The minimum absolute atomic E-state index is 0.251. The van der Waals surface area contributed by atoms with Gasteiger partial charge in [0.25, 0.3) is 0 Å². The SMILES string of the molecule is CCc1nn(C)c(CC(C)CC(C)=O)c1Br. The molecule has 0 saturated carbocycles. The monoisotopic (exact) mass is 286 g/mol. The van der Waals surface area contributed by atoms with Crippen molar-refractivity contribution in [2.45, 2.75) is 40.0 Å². The summed E-state index contributed by atoms with van der Waals surface area (Å²) in [7, 11) is 1.96. The van der Waals surface area contributed by atoms with Crippen molar-refractivity contribution >= 4 is 21.7 Å². The van der Waals surface area contributed by atoms with Gasteiger partial charge in [-0.3, -0.25) is 4.68 Å². The van der Waals surface area contributed by atoms with Crippen molar-refractivity contribution in [3.05, 3.63) is 15.9 Å². The Kier molecular flexibility index (Phi) is 4.71. The zero-order valence-corrected chi connectivity index (χ0v) is 12.0. The first kappa shape index (κ1) is 13.4. The van der Waals surface area contributed by atoms with Gasteiger partial charge in [0.2, 0.25) is 0 Å². The van der Waals surface area contributed by atoms with Crippen LogP contribution in [0, 0.1) is 5.92 Å². The summed E-state index contributed by atoms with van der Waals surface area (Å²) in [4.78, 5) is 11.0. The Labute approximate surface area is 105 Å². The molecule has 1 atom stereocenters. The van der Waals surface area contributed by atoms with Gasteiger partial charge in [-0.2, -0.15) is 5.10 Å². The second-order valence-electron chi connectivity index (χ2n) is 4.40. The maximum atomic E-state index is 11.0. The van der Waals surface area contributed by atoms with E-state index in [4.69, 9.17) is 0 Å². The van der Waals surface area contributed by atoms with Crippen molar-refractivity contribution in [2.75, 3.05) is 0 Å². The van der Waals surface area contributed by atoms with Crippen LogP contribution in [0.3, 0.4) is 0 Å². The van der Waals surface area contributed by atoms with Crippen molar-refractivity contribution in [2.24, 2.45) is 13.0 Å². The van der Waals surface area contributed by atoms with Gasteiger partial charge in [0.1, 0.15) is 5.78 Å². The summed E-state index contributed by atoms with van der Waals surface area (Å²) in [6.07, 6.45) is 2.46. The molecule has 1 aromatic rings. The second-order valence-corrected chi connectivity index (χ2v) is 5.19. The molecule has 3 nitrogen and oxygen atoms in total. The van der Waals surface area contributed by atoms with Gasteiger partial charge in [-0.15, -0.1) is 0 Å².